The summed E-state index contributed by atoms with van der Waals surface area (Å²) >= 11 is 2.08. The molecule has 24 heavy (non-hydrogen) atoms. The van der Waals surface area contributed by atoms with Gasteiger partial charge < -0.3 is 10.6 Å². The second-order valence-corrected chi connectivity index (χ2v) is 7.60. The van der Waals surface area contributed by atoms with Gasteiger partial charge in [-0.15, -0.1) is 10.2 Å². The van der Waals surface area contributed by atoms with Gasteiger partial charge in [-0.3, -0.25) is 9.39 Å². The number of thioether (sulfide) groups is 1. The Hall–Kier alpha value is -1.76. The van der Waals surface area contributed by atoms with Gasteiger partial charge >= 0.3 is 0 Å². The summed E-state index contributed by atoms with van der Waals surface area (Å²) in [7, 11) is 1.83. The van der Waals surface area contributed by atoms with Crippen LogP contribution in [0.5, 0.6) is 0 Å². The van der Waals surface area contributed by atoms with Crippen LogP contribution in [0.1, 0.15) is 32.0 Å². The van der Waals surface area contributed by atoms with Crippen molar-refractivity contribution in [2.45, 2.75) is 43.9 Å². The number of fused-ring (bicyclic) bond motifs is 1. The van der Waals surface area contributed by atoms with E-state index in [0.29, 0.717) is 6.04 Å². The number of hydrogen-bond acceptors (Lipinski definition) is 4. The van der Waals surface area contributed by atoms with Crippen LogP contribution in [-0.4, -0.2) is 51.2 Å². The fourth-order valence-corrected chi connectivity index (χ4v) is 4.34. The minimum Gasteiger partial charge on any atom is -0.356 e. The molecular weight excluding hydrogens is 320 g/mol. The first-order chi connectivity index (χ1) is 11.8. The van der Waals surface area contributed by atoms with Crippen molar-refractivity contribution in [2.24, 2.45) is 4.99 Å². The largest absolute Gasteiger partial charge is 0.356 e. The van der Waals surface area contributed by atoms with E-state index in [2.05, 4.69) is 44.5 Å². The summed E-state index contributed by atoms with van der Waals surface area (Å²) < 4.78 is 2.03. The minimum absolute atomic E-state index is 0.536. The summed E-state index contributed by atoms with van der Waals surface area (Å²) in [4.78, 5) is 4.35. The monoisotopic (exact) mass is 346 g/mol. The van der Waals surface area contributed by atoms with Gasteiger partial charge in [-0.05, 0) is 37.1 Å². The Morgan fingerprint density at radius 2 is 2.29 bits per heavy atom. The molecular formula is C17H26N6S. The van der Waals surface area contributed by atoms with E-state index in [0.717, 1.165) is 35.6 Å². The number of guanidine groups is 1. The second-order valence-electron chi connectivity index (χ2n) is 6.03. The first-order valence-corrected chi connectivity index (χ1v) is 9.72. The summed E-state index contributed by atoms with van der Waals surface area (Å²) in [5, 5.41) is 16.2. The highest BCUT2D eigenvalue weighted by molar-refractivity contribution is 7.99. The number of pyridine rings is 1. The molecule has 1 saturated carbocycles. The Morgan fingerprint density at radius 3 is 3.12 bits per heavy atom. The van der Waals surface area contributed by atoms with E-state index < -0.39 is 0 Å². The van der Waals surface area contributed by atoms with Gasteiger partial charge in [0, 0.05) is 37.5 Å². The SMILES string of the molecule is CCSC1CCC(NC(=NC)NCCc2nnc3ccccn23)C1. The summed E-state index contributed by atoms with van der Waals surface area (Å²) in [6.07, 6.45) is 6.58. The van der Waals surface area contributed by atoms with Crippen LogP contribution < -0.4 is 10.6 Å². The molecule has 2 aromatic rings. The van der Waals surface area contributed by atoms with Gasteiger partial charge in [-0.25, -0.2) is 0 Å². The van der Waals surface area contributed by atoms with Gasteiger partial charge in [-0.2, -0.15) is 11.8 Å². The van der Waals surface area contributed by atoms with Gasteiger partial charge in [0.15, 0.2) is 11.6 Å². The molecule has 0 aliphatic heterocycles. The number of nitrogens with zero attached hydrogens (tertiary/aromatic N) is 4. The van der Waals surface area contributed by atoms with E-state index in [1.807, 2.05) is 35.8 Å². The summed E-state index contributed by atoms with van der Waals surface area (Å²) in [5.74, 6) is 3.06. The lowest BCUT2D eigenvalue weighted by Crippen LogP contribution is -2.43. The van der Waals surface area contributed by atoms with Crippen LogP contribution in [0, 0.1) is 0 Å². The van der Waals surface area contributed by atoms with E-state index in [1.54, 1.807) is 0 Å². The maximum atomic E-state index is 4.35. The molecule has 7 heteroatoms. The molecule has 2 aromatic heterocycles. The quantitative estimate of drug-likeness (QED) is 0.619. The molecule has 0 radical (unpaired) electrons. The maximum Gasteiger partial charge on any atom is 0.191 e. The first kappa shape index (κ1) is 17.1. The van der Waals surface area contributed by atoms with E-state index in [-0.39, 0.29) is 0 Å². The summed E-state index contributed by atoms with van der Waals surface area (Å²) in [6.45, 7) is 3.02. The van der Waals surface area contributed by atoms with Crippen LogP contribution in [0.3, 0.4) is 0 Å². The molecule has 2 atom stereocenters. The number of hydrogen-bond donors (Lipinski definition) is 2. The third-order valence-electron chi connectivity index (χ3n) is 4.38. The highest BCUT2D eigenvalue weighted by Gasteiger charge is 2.25. The van der Waals surface area contributed by atoms with Crippen LogP contribution in [0.15, 0.2) is 29.4 Å². The van der Waals surface area contributed by atoms with Crippen LogP contribution >= 0.6 is 11.8 Å². The molecule has 2 unspecified atom stereocenters. The fourth-order valence-electron chi connectivity index (χ4n) is 3.20. The molecule has 6 nitrogen and oxygen atoms in total. The van der Waals surface area contributed by atoms with Crippen LogP contribution in [-0.2, 0) is 6.42 Å². The summed E-state index contributed by atoms with van der Waals surface area (Å²) in [6, 6.07) is 6.48. The smallest absolute Gasteiger partial charge is 0.191 e. The fraction of sp³-hybridized carbons (Fsp3) is 0.588. The van der Waals surface area contributed by atoms with Gasteiger partial charge in [-0.1, -0.05) is 13.0 Å². The van der Waals surface area contributed by atoms with Crippen molar-refractivity contribution >= 4 is 23.4 Å². The Kier molecular flexibility index (Phi) is 5.96. The highest BCUT2D eigenvalue weighted by Crippen LogP contribution is 2.29. The molecule has 0 saturated heterocycles. The number of aromatic nitrogens is 3. The second kappa shape index (κ2) is 8.37. The zero-order valence-corrected chi connectivity index (χ0v) is 15.2. The predicted molar refractivity (Wildman–Crippen MR) is 101 cm³/mol. The Morgan fingerprint density at radius 1 is 1.38 bits per heavy atom. The maximum absolute atomic E-state index is 4.35. The number of nitrogens with one attached hydrogen (secondary N) is 2. The molecule has 130 valence electrons. The van der Waals surface area contributed by atoms with Crippen molar-refractivity contribution in [2.75, 3.05) is 19.3 Å². The normalized spacial score (nSPS) is 21.3. The van der Waals surface area contributed by atoms with Crippen LogP contribution in [0.4, 0.5) is 0 Å². The van der Waals surface area contributed by atoms with Crippen molar-refractivity contribution in [3.05, 3.63) is 30.2 Å². The number of aliphatic imine (C=N–C) groups is 1. The molecule has 3 rings (SSSR count). The lowest BCUT2D eigenvalue weighted by Gasteiger charge is -2.17. The molecule has 0 bridgehead atoms. The van der Waals surface area contributed by atoms with Crippen molar-refractivity contribution in [3.8, 4) is 0 Å². The van der Waals surface area contributed by atoms with E-state index in [9.17, 15) is 0 Å². The minimum atomic E-state index is 0.536. The zero-order valence-electron chi connectivity index (χ0n) is 14.4. The van der Waals surface area contributed by atoms with E-state index in [1.165, 1.54) is 25.0 Å². The lowest BCUT2D eigenvalue weighted by atomic mass is 10.2. The van der Waals surface area contributed by atoms with Gasteiger partial charge in [0.25, 0.3) is 0 Å². The molecule has 2 N–H and O–H groups in total. The van der Waals surface area contributed by atoms with Gasteiger partial charge in [0.05, 0.1) is 0 Å². The Labute approximate surface area is 147 Å². The van der Waals surface area contributed by atoms with E-state index >= 15 is 0 Å². The van der Waals surface area contributed by atoms with Crippen molar-refractivity contribution < 1.29 is 0 Å². The average Bonchev–Trinajstić information content (AvgIpc) is 3.21. The van der Waals surface area contributed by atoms with Crippen LogP contribution in [0.25, 0.3) is 5.65 Å². The molecule has 1 fully saturated rings. The zero-order chi connectivity index (χ0) is 16.8. The lowest BCUT2D eigenvalue weighted by molar-refractivity contribution is 0.613. The molecule has 0 aromatic carbocycles. The van der Waals surface area contributed by atoms with Gasteiger partial charge in [0.1, 0.15) is 5.82 Å². The van der Waals surface area contributed by atoms with E-state index in [4.69, 9.17) is 0 Å². The van der Waals surface area contributed by atoms with Crippen molar-refractivity contribution in [1.82, 2.24) is 25.2 Å². The third-order valence-corrected chi connectivity index (χ3v) is 5.61. The Bertz CT molecular complexity index is 683. The highest BCUT2D eigenvalue weighted by atomic mass is 32.2. The molecule has 2 heterocycles. The topological polar surface area (TPSA) is 66.6 Å². The average molecular weight is 347 g/mol. The molecule has 1 aliphatic rings. The van der Waals surface area contributed by atoms with Gasteiger partial charge in [0.2, 0.25) is 0 Å². The molecule has 0 amide bonds. The first-order valence-electron chi connectivity index (χ1n) is 8.67. The Balaban J connectivity index is 1.46. The molecule has 1 aliphatic carbocycles. The standard InChI is InChI=1S/C17H26N6S/c1-3-24-14-8-7-13(12-14)20-17(18-2)19-10-9-16-22-21-15-6-4-5-11-23(15)16/h4-6,11,13-14H,3,7-10,12H2,1-2H3,(H2,18,19,20). The number of rotatable bonds is 6. The van der Waals surface area contributed by atoms with Crippen molar-refractivity contribution in [1.29, 1.82) is 0 Å². The predicted octanol–water partition coefficient (Wildman–Crippen LogP) is 2.11. The molecule has 0 spiro atoms. The third kappa shape index (κ3) is 4.20. The summed E-state index contributed by atoms with van der Waals surface area (Å²) in [5.41, 5.74) is 0.889. The van der Waals surface area contributed by atoms with Crippen LogP contribution in [0.2, 0.25) is 0 Å². The van der Waals surface area contributed by atoms with Crippen molar-refractivity contribution in [3.63, 3.8) is 0 Å².